The van der Waals surface area contributed by atoms with E-state index in [2.05, 4.69) is 41.1 Å². The van der Waals surface area contributed by atoms with Crippen molar-refractivity contribution in [3.63, 3.8) is 0 Å². The first-order valence-electron chi connectivity index (χ1n) is 9.74. The average molecular weight is 471 g/mol. The van der Waals surface area contributed by atoms with Crippen molar-refractivity contribution in [2.45, 2.75) is 17.9 Å². The molecule has 1 N–H and O–H groups in total. The highest BCUT2D eigenvalue weighted by atomic mass is 35.5. The molecule has 1 aromatic heterocycles. The summed E-state index contributed by atoms with van der Waals surface area (Å²) in [7, 11) is 0. The molecule has 3 aromatic carbocycles. The lowest BCUT2D eigenvalue weighted by molar-refractivity contribution is -0.135. The normalized spacial score (nSPS) is 11.0. The third-order valence-electron chi connectivity index (χ3n) is 4.86. The highest BCUT2D eigenvalue weighted by Crippen LogP contribution is 2.34. The lowest BCUT2D eigenvalue weighted by atomic mass is 10.1. The fraction of sp³-hybridized carbons (Fsp3) is 0.125. The summed E-state index contributed by atoms with van der Waals surface area (Å²) in [6.45, 7) is 0.719. The molecule has 0 bridgehead atoms. The Kier molecular flexibility index (Phi) is 6.76. The molecule has 7 heteroatoms. The number of aromatic nitrogens is 1. The van der Waals surface area contributed by atoms with E-state index in [1.807, 2.05) is 24.3 Å². The zero-order valence-corrected chi connectivity index (χ0v) is 18.9. The number of carboxylic acid groups (broad SMARTS) is 1. The molecule has 31 heavy (non-hydrogen) atoms. The van der Waals surface area contributed by atoms with E-state index in [0.29, 0.717) is 10.0 Å². The van der Waals surface area contributed by atoms with Crippen molar-refractivity contribution in [2.75, 3.05) is 10.8 Å². The minimum Gasteiger partial charge on any atom is -0.480 e. The maximum absolute atomic E-state index is 11.5. The van der Waals surface area contributed by atoms with E-state index in [9.17, 15) is 9.90 Å². The van der Waals surface area contributed by atoms with Crippen LogP contribution in [0.25, 0.3) is 10.9 Å². The third-order valence-corrected chi connectivity index (χ3v) is 6.30. The molecule has 0 spiro atoms. The number of hydrogen-bond donors (Lipinski definition) is 1. The molecule has 4 rings (SSSR count). The van der Waals surface area contributed by atoms with Gasteiger partial charge in [-0.05, 0) is 66.4 Å². The van der Waals surface area contributed by atoms with E-state index >= 15 is 0 Å². The number of hydrogen-bond acceptors (Lipinski definition) is 3. The summed E-state index contributed by atoms with van der Waals surface area (Å²) < 4.78 is 3.95. The van der Waals surface area contributed by atoms with E-state index in [1.165, 1.54) is 17.5 Å². The van der Waals surface area contributed by atoms with Gasteiger partial charge in [0.2, 0.25) is 0 Å². The molecule has 158 valence electrons. The van der Waals surface area contributed by atoms with Gasteiger partial charge in [-0.1, -0.05) is 53.5 Å². The Morgan fingerprint density at radius 2 is 1.71 bits per heavy atom. The van der Waals surface area contributed by atoms with Crippen LogP contribution < -0.4 is 4.31 Å². The molecule has 0 aliphatic heterocycles. The van der Waals surface area contributed by atoms with Crippen molar-refractivity contribution in [1.29, 1.82) is 0 Å². The van der Waals surface area contributed by atoms with Gasteiger partial charge >= 0.3 is 5.97 Å². The first-order valence-corrected chi connectivity index (χ1v) is 11.3. The van der Waals surface area contributed by atoms with Crippen LogP contribution in [0.3, 0.4) is 0 Å². The number of aryl methyl sites for hydroxylation is 2. The summed E-state index contributed by atoms with van der Waals surface area (Å²) in [5, 5.41) is 11.5. The Balaban J connectivity index is 1.57. The molecule has 0 aliphatic rings. The summed E-state index contributed by atoms with van der Waals surface area (Å²) in [6, 6.07) is 23.6. The van der Waals surface area contributed by atoms with E-state index in [-0.39, 0.29) is 6.54 Å². The van der Waals surface area contributed by atoms with Gasteiger partial charge in [0.25, 0.3) is 0 Å². The molecule has 0 unspecified atom stereocenters. The number of halogens is 2. The van der Waals surface area contributed by atoms with Crippen LogP contribution in [0.1, 0.15) is 5.56 Å². The molecule has 0 atom stereocenters. The van der Waals surface area contributed by atoms with Gasteiger partial charge in [0.15, 0.2) is 0 Å². The number of benzene rings is 3. The lowest BCUT2D eigenvalue weighted by Gasteiger charge is -2.22. The minimum atomic E-state index is -0.916. The van der Waals surface area contributed by atoms with E-state index < -0.39 is 5.97 Å². The number of nitrogens with zero attached hydrogens (tertiary/aromatic N) is 2. The van der Waals surface area contributed by atoms with Gasteiger partial charge in [0.05, 0.1) is 0 Å². The predicted molar refractivity (Wildman–Crippen MR) is 129 cm³/mol. The predicted octanol–water partition coefficient (Wildman–Crippen LogP) is 6.79. The minimum absolute atomic E-state index is 0.158. The molecular formula is C24H20Cl2N2O2S. The molecule has 4 nitrogen and oxygen atoms in total. The van der Waals surface area contributed by atoms with Crippen LogP contribution >= 0.6 is 35.1 Å². The SMILES string of the molecule is O=C(O)CN(Sc1cc(Cl)cc(Cl)c1)c1ccc2c(ccn2CCc2ccccc2)c1. The molecule has 0 radical (unpaired) electrons. The van der Waals surface area contributed by atoms with Gasteiger partial charge in [-0.25, -0.2) is 0 Å². The number of carboxylic acids is 1. The highest BCUT2D eigenvalue weighted by molar-refractivity contribution is 8.00. The summed E-state index contributed by atoms with van der Waals surface area (Å²) in [4.78, 5) is 12.3. The van der Waals surface area contributed by atoms with Gasteiger partial charge in [-0.15, -0.1) is 0 Å². The highest BCUT2D eigenvalue weighted by Gasteiger charge is 2.15. The van der Waals surface area contributed by atoms with Crippen LogP contribution in [0.5, 0.6) is 0 Å². The van der Waals surface area contributed by atoms with Crippen molar-refractivity contribution in [2.24, 2.45) is 0 Å². The van der Waals surface area contributed by atoms with Crippen molar-refractivity contribution in [3.8, 4) is 0 Å². The summed E-state index contributed by atoms with van der Waals surface area (Å²) in [6.07, 6.45) is 3.02. The van der Waals surface area contributed by atoms with Crippen molar-refractivity contribution in [1.82, 2.24) is 4.57 Å². The Labute approximate surface area is 195 Å². The van der Waals surface area contributed by atoms with Gasteiger partial charge in [-0.3, -0.25) is 4.79 Å². The number of rotatable bonds is 8. The second-order valence-electron chi connectivity index (χ2n) is 7.11. The van der Waals surface area contributed by atoms with Crippen LogP contribution in [0.15, 0.2) is 83.9 Å². The van der Waals surface area contributed by atoms with Gasteiger partial charge in [-0.2, -0.15) is 0 Å². The fourth-order valence-electron chi connectivity index (χ4n) is 3.44. The topological polar surface area (TPSA) is 45.5 Å². The average Bonchev–Trinajstić information content (AvgIpc) is 3.14. The molecule has 0 saturated carbocycles. The molecule has 0 fully saturated rings. The molecule has 4 aromatic rings. The molecule has 1 heterocycles. The quantitative estimate of drug-likeness (QED) is 0.288. The lowest BCUT2D eigenvalue weighted by Crippen LogP contribution is -2.22. The Hall–Kier alpha value is -2.60. The molecular weight excluding hydrogens is 451 g/mol. The van der Waals surface area contributed by atoms with E-state index in [1.54, 1.807) is 22.5 Å². The molecule has 0 aliphatic carbocycles. The maximum Gasteiger partial charge on any atom is 0.324 e. The van der Waals surface area contributed by atoms with Crippen LogP contribution in [-0.4, -0.2) is 22.2 Å². The number of aliphatic carboxylic acids is 1. The van der Waals surface area contributed by atoms with E-state index in [0.717, 1.165) is 34.5 Å². The largest absolute Gasteiger partial charge is 0.480 e. The van der Waals surface area contributed by atoms with E-state index in [4.69, 9.17) is 23.2 Å². The third kappa shape index (κ3) is 5.56. The number of fused-ring (bicyclic) bond motifs is 1. The van der Waals surface area contributed by atoms with Crippen molar-refractivity contribution < 1.29 is 9.90 Å². The van der Waals surface area contributed by atoms with Crippen molar-refractivity contribution >= 4 is 57.7 Å². The second kappa shape index (κ2) is 9.69. The fourth-order valence-corrected chi connectivity index (χ4v) is 5.10. The first-order chi connectivity index (χ1) is 15.0. The Bertz CT molecular complexity index is 1190. The monoisotopic (exact) mass is 470 g/mol. The molecule has 0 amide bonds. The Morgan fingerprint density at radius 1 is 0.968 bits per heavy atom. The summed E-state index contributed by atoms with van der Waals surface area (Å²) in [5.74, 6) is -0.916. The van der Waals surface area contributed by atoms with Crippen molar-refractivity contribution in [3.05, 3.63) is 94.6 Å². The van der Waals surface area contributed by atoms with Gasteiger partial charge < -0.3 is 14.0 Å². The molecule has 0 saturated heterocycles. The van der Waals surface area contributed by atoms with Crippen LogP contribution in [0, 0.1) is 0 Å². The van der Waals surface area contributed by atoms with Crippen LogP contribution in [0.4, 0.5) is 5.69 Å². The summed E-state index contributed by atoms with van der Waals surface area (Å²) >= 11 is 13.5. The number of anilines is 1. The maximum atomic E-state index is 11.5. The number of carbonyl (C=O) groups is 1. The van der Waals surface area contributed by atoms with Crippen LogP contribution in [0.2, 0.25) is 10.0 Å². The summed E-state index contributed by atoms with van der Waals surface area (Å²) in [5.41, 5.74) is 3.22. The first kappa shape index (κ1) is 21.6. The van der Waals surface area contributed by atoms with Gasteiger partial charge in [0.1, 0.15) is 6.54 Å². The zero-order chi connectivity index (χ0) is 21.8. The second-order valence-corrected chi connectivity index (χ2v) is 9.08. The Morgan fingerprint density at radius 3 is 2.42 bits per heavy atom. The zero-order valence-electron chi connectivity index (χ0n) is 16.5. The standard InChI is InChI=1S/C24H20Cl2N2O2S/c25-19-13-20(26)15-22(14-19)31-28(16-24(29)30)21-6-7-23-18(12-21)9-11-27(23)10-8-17-4-2-1-3-5-17/h1-7,9,11-15H,8,10,16H2,(H,29,30). The van der Waals surface area contributed by atoms with Gasteiger partial charge in [0, 0.05) is 44.3 Å². The van der Waals surface area contributed by atoms with Crippen LogP contribution in [-0.2, 0) is 17.8 Å². The smallest absolute Gasteiger partial charge is 0.324 e.